The van der Waals surface area contributed by atoms with Crippen LogP contribution in [0.2, 0.25) is 0 Å². The van der Waals surface area contributed by atoms with Crippen LogP contribution < -0.4 is 10.2 Å². The first-order valence-electron chi connectivity index (χ1n) is 8.99. The number of hydrogen-bond donors (Lipinski definition) is 1. The molecule has 1 atom stereocenters. The summed E-state index contributed by atoms with van der Waals surface area (Å²) in [7, 11) is -0.674. The molecule has 154 valence electrons. The molecule has 0 saturated carbocycles. The molecule has 0 aromatic heterocycles. The molecule has 1 N–H and O–H groups in total. The van der Waals surface area contributed by atoms with Crippen molar-refractivity contribution in [3.8, 4) is 0 Å². The number of carbonyl (C=O) groups excluding carboxylic acids is 2. The van der Waals surface area contributed by atoms with E-state index in [1.54, 1.807) is 19.1 Å². The Balaban J connectivity index is 1.68. The van der Waals surface area contributed by atoms with Gasteiger partial charge in [0.2, 0.25) is 21.8 Å². The van der Waals surface area contributed by atoms with Crippen LogP contribution in [0.3, 0.4) is 0 Å². The lowest BCUT2D eigenvalue weighted by Gasteiger charge is -2.17. The third kappa shape index (κ3) is 4.30. The summed E-state index contributed by atoms with van der Waals surface area (Å²) in [5.74, 6) is -1.59. The Bertz CT molecular complexity index is 1050. The van der Waals surface area contributed by atoms with Crippen LogP contribution >= 0.6 is 0 Å². The zero-order valence-corrected chi connectivity index (χ0v) is 17.2. The third-order valence-electron chi connectivity index (χ3n) is 4.86. The van der Waals surface area contributed by atoms with E-state index in [9.17, 15) is 22.4 Å². The molecule has 0 aliphatic carbocycles. The molecule has 1 aliphatic heterocycles. The number of sulfonamides is 1. The summed E-state index contributed by atoms with van der Waals surface area (Å²) in [5, 5.41) is 2.70. The first kappa shape index (κ1) is 20.9. The molecule has 29 heavy (non-hydrogen) atoms. The number of anilines is 2. The van der Waals surface area contributed by atoms with Gasteiger partial charge in [-0.2, -0.15) is 0 Å². The first-order valence-corrected chi connectivity index (χ1v) is 10.4. The molecule has 2 aromatic rings. The maximum Gasteiger partial charge on any atom is 0.242 e. The quantitative estimate of drug-likeness (QED) is 0.806. The molecule has 0 radical (unpaired) electrons. The molecule has 7 nitrogen and oxygen atoms in total. The van der Waals surface area contributed by atoms with Crippen molar-refractivity contribution in [1.29, 1.82) is 0 Å². The summed E-state index contributed by atoms with van der Waals surface area (Å²) in [4.78, 5) is 26.4. The van der Waals surface area contributed by atoms with Crippen molar-refractivity contribution in [1.82, 2.24) is 4.31 Å². The summed E-state index contributed by atoms with van der Waals surface area (Å²) in [6.45, 7) is 1.79. The van der Waals surface area contributed by atoms with E-state index in [0.717, 1.165) is 4.31 Å². The number of nitrogens with zero attached hydrogens (tertiary/aromatic N) is 2. The standard InChI is InChI=1S/C20H22FN3O4S/c1-13-4-7-16(11-18(13)21)24-12-14(10-19(24)25)20(26)22-15-5-8-17(9-6-15)29(27,28)23(2)3/h4-9,11,14H,10,12H2,1-3H3,(H,22,26). The monoisotopic (exact) mass is 419 g/mol. The van der Waals surface area contributed by atoms with E-state index in [-0.39, 0.29) is 29.7 Å². The Morgan fingerprint density at radius 1 is 1.17 bits per heavy atom. The van der Waals surface area contributed by atoms with E-state index in [4.69, 9.17) is 0 Å². The van der Waals surface area contributed by atoms with Crippen LogP contribution in [0.15, 0.2) is 47.4 Å². The number of hydrogen-bond acceptors (Lipinski definition) is 4. The van der Waals surface area contributed by atoms with Crippen LogP contribution in [0.4, 0.5) is 15.8 Å². The molecule has 1 unspecified atom stereocenters. The Morgan fingerprint density at radius 2 is 1.83 bits per heavy atom. The van der Waals surface area contributed by atoms with E-state index in [1.165, 1.54) is 49.3 Å². The molecule has 2 aromatic carbocycles. The Kier molecular flexibility index (Phi) is 5.72. The van der Waals surface area contributed by atoms with Gasteiger partial charge in [-0.1, -0.05) is 6.07 Å². The molecule has 0 bridgehead atoms. The second-order valence-corrected chi connectivity index (χ2v) is 9.29. The number of rotatable bonds is 5. The molecule has 1 saturated heterocycles. The van der Waals surface area contributed by atoms with Crippen LogP contribution in [0.5, 0.6) is 0 Å². The number of nitrogens with one attached hydrogen (secondary N) is 1. The van der Waals surface area contributed by atoms with Crippen LogP contribution in [0, 0.1) is 18.7 Å². The zero-order valence-electron chi connectivity index (χ0n) is 16.3. The predicted octanol–water partition coefficient (Wildman–Crippen LogP) is 2.38. The van der Waals surface area contributed by atoms with Crippen molar-refractivity contribution < 1.29 is 22.4 Å². The lowest BCUT2D eigenvalue weighted by atomic mass is 10.1. The van der Waals surface area contributed by atoms with Gasteiger partial charge in [-0.3, -0.25) is 9.59 Å². The van der Waals surface area contributed by atoms with Crippen LogP contribution in [0.25, 0.3) is 0 Å². The summed E-state index contributed by atoms with van der Waals surface area (Å²) >= 11 is 0. The van der Waals surface area contributed by atoms with Crippen LogP contribution in [0.1, 0.15) is 12.0 Å². The summed E-state index contributed by atoms with van der Waals surface area (Å²) in [6, 6.07) is 10.3. The van der Waals surface area contributed by atoms with Crippen molar-refractivity contribution in [2.45, 2.75) is 18.2 Å². The van der Waals surface area contributed by atoms with E-state index < -0.39 is 21.8 Å². The van der Waals surface area contributed by atoms with Gasteiger partial charge >= 0.3 is 0 Å². The van der Waals surface area contributed by atoms with Gasteiger partial charge in [0.15, 0.2) is 0 Å². The highest BCUT2D eigenvalue weighted by atomic mass is 32.2. The summed E-state index contributed by atoms with van der Waals surface area (Å²) < 4.78 is 39.1. The minimum atomic E-state index is -3.55. The van der Waals surface area contributed by atoms with E-state index in [2.05, 4.69) is 5.32 Å². The highest BCUT2D eigenvalue weighted by molar-refractivity contribution is 7.89. The number of halogens is 1. The zero-order chi connectivity index (χ0) is 21.3. The smallest absolute Gasteiger partial charge is 0.242 e. The summed E-state index contributed by atoms with van der Waals surface area (Å²) in [6.07, 6.45) is 0.0222. The van der Waals surface area contributed by atoms with Gasteiger partial charge in [-0.15, -0.1) is 0 Å². The fourth-order valence-electron chi connectivity index (χ4n) is 3.05. The van der Waals surface area contributed by atoms with E-state index in [0.29, 0.717) is 16.9 Å². The predicted molar refractivity (Wildman–Crippen MR) is 108 cm³/mol. The number of aryl methyl sites for hydroxylation is 1. The number of carbonyl (C=O) groups is 2. The molecule has 3 rings (SSSR count). The largest absolute Gasteiger partial charge is 0.326 e. The lowest BCUT2D eigenvalue weighted by Crippen LogP contribution is -2.28. The molecule has 1 aliphatic rings. The average Bonchev–Trinajstić information content (AvgIpc) is 3.06. The normalized spacial score (nSPS) is 17.1. The fourth-order valence-corrected chi connectivity index (χ4v) is 3.95. The van der Waals surface area contributed by atoms with E-state index >= 15 is 0 Å². The van der Waals surface area contributed by atoms with Gasteiger partial charge in [0.25, 0.3) is 0 Å². The van der Waals surface area contributed by atoms with Gasteiger partial charge in [0.05, 0.1) is 10.8 Å². The molecule has 1 fully saturated rings. The van der Waals surface area contributed by atoms with Gasteiger partial charge < -0.3 is 10.2 Å². The first-order chi connectivity index (χ1) is 13.6. The minimum absolute atomic E-state index is 0.0222. The van der Waals surface area contributed by atoms with Crippen molar-refractivity contribution in [2.24, 2.45) is 5.92 Å². The maximum atomic E-state index is 13.8. The SMILES string of the molecule is Cc1ccc(N2CC(C(=O)Nc3ccc(S(=O)(=O)N(C)C)cc3)CC2=O)cc1F. The van der Waals surface area contributed by atoms with Crippen LogP contribution in [-0.4, -0.2) is 45.2 Å². The third-order valence-corrected chi connectivity index (χ3v) is 6.69. The maximum absolute atomic E-state index is 13.8. The van der Waals surface area contributed by atoms with Crippen LogP contribution in [-0.2, 0) is 19.6 Å². The summed E-state index contributed by atoms with van der Waals surface area (Å²) in [5.41, 5.74) is 1.33. The highest BCUT2D eigenvalue weighted by Gasteiger charge is 2.35. The van der Waals surface area contributed by atoms with Gasteiger partial charge in [-0.25, -0.2) is 17.1 Å². The highest BCUT2D eigenvalue weighted by Crippen LogP contribution is 2.27. The molecular formula is C20H22FN3O4S. The lowest BCUT2D eigenvalue weighted by molar-refractivity contribution is -0.122. The Labute approximate surface area is 169 Å². The van der Waals surface area contributed by atoms with Crippen molar-refractivity contribution in [2.75, 3.05) is 30.9 Å². The van der Waals surface area contributed by atoms with E-state index in [1.807, 2.05) is 0 Å². The molecule has 2 amide bonds. The van der Waals surface area contributed by atoms with Gasteiger partial charge in [0.1, 0.15) is 5.82 Å². The average molecular weight is 419 g/mol. The van der Waals surface area contributed by atoms with Gasteiger partial charge in [-0.05, 0) is 48.9 Å². The topological polar surface area (TPSA) is 86.8 Å². The number of amides is 2. The molecule has 0 spiro atoms. The van der Waals surface area contributed by atoms with Crippen molar-refractivity contribution in [3.63, 3.8) is 0 Å². The molecule has 1 heterocycles. The Morgan fingerprint density at radius 3 is 2.41 bits per heavy atom. The second kappa shape index (κ2) is 7.92. The number of benzene rings is 2. The molecule has 9 heteroatoms. The van der Waals surface area contributed by atoms with Crippen molar-refractivity contribution >= 4 is 33.2 Å². The fraction of sp³-hybridized carbons (Fsp3) is 0.300. The van der Waals surface area contributed by atoms with Gasteiger partial charge in [0, 0.05) is 38.4 Å². The second-order valence-electron chi connectivity index (χ2n) is 7.14. The van der Waals surface area contributed by atoms with Crippen molar-refractivity contribution in [3.05, 3.63) is 53.8 Å². The Hall–Kier alpha value is -2.78. The minimum Gasteiger partial charge on any atom is -0.326 e. The molecular weight excluding hydrogens is 397 g/mol.